The third-order valence-electron chi connectivity index (χ3n) is 5.53. The molecular weight excluding hydrogens is 412 g/mol. The van der Waals surface area contributed by atoms with Gasteiger partial charge in [0.1, 0.15) is 0 Å². The number of hydrogen-bond acceptors (Lipinski definition) is 2. The topological polar surface area (TPSA) is 64.2 Å². The van der Waals surface area contributed by atoms with Crippen molar-refractivity contribution in [3.05, 3.63) is 118 Å². The van der Waals surface area contributed by atoms with E-state index in [0.29, 0.717) is 25.1 Å². The molecule has 1 heterocycles. The van der Waals surface area contributed by atoms with Gasteiger partial charge in [-0.15, -0.1) is 5.92 Å². The number of imidazole rings is 1. The zero-order valence-corrected chi connectivity index (χ0v) is 18.4. The summed E-state index contributed by atoms with van der Waals surface area (Å²) in [4.78, 5) is 24.7. The molecule has 1 aromatic heterocycles. The summed E-state index contributed by atoms with van der Waals surface area (Å²) in [5.41, 5.74) is 4.56. The van der Waals surface area contributed by atoms with Gasteiger partial charge >= 0.3 is 11.7 Å². The van der Waals surface area contributed by atoms with Crippen molar-refractivity contribution in [3.63, 3.8) is 0 Å². The number of benzene rings is 3. The monoisotopic (exact) mass is 436 g/mol. The van der Waals surface area contributed by atoms with E-state index in [1.54, 1.807) is 34.3 Å². The van der Waals surface area contributed by atoms with Crippen LogP contribution >= 0.6 is 0 Å². The van der Waals surface area contributed by atoms with Crippen LogP contribution < -0.4 is 5.69 Å². The Morgan fingerprint density at radius 2 is 1.55 bits per heavy atom. The molecule has 0 saturated heterocycles. The van der Waals surface area contributed by atoms with E-state index >= 15 is 0 Å². The summed E-state index contributed by atoms with van der Waals surface area (Å²) < 4.78 is 3.48. The molecule has 1 N–H and O–H groups in total. The van der Waals surface area contributed by atoms with Crippen molar-refractivity contribution in [2.75, 3.05) is 0 Å². The molecule has 164 valence electrons. The molecule has 0 aliphatic heterocycles. The van der Waals surface area contributed by atoms with Crippen LogP contribution in [0, 0.1) is 11.8 Å². The Morgan fingerprint density at radius 1 is 0.879 bits per heavy atom. The molecule has 0 amide bonds. The first-order valence-electron chi connectivity index (χ1n) is 10.7. The number of rotatable bonds is 7. The predicted octanol–water partition coefficient (Wildman–Crippen LogP) is 4.68. The van der Waals surface area contributed by atoms with Gasteiger partial charge in [-0.1, -0.05) is 78.7 Å². The molecule has 0 atom stereocenters. The van der Waals surface area contributed by atoms with Crippen LogP contribution in [0.15, 0.2) is 89.9 Å². The highest BCUT2D eigenvalue weighted by molar-refractivity contribution is 5.95. The lowest BCUT2D eigenvalue weighted by atomic mass is 9.99. The van der Waals surface area contributed by atoms with Gasteiger partial charge in [0.15, 0.2) is 0 Å². The predicted molar refractivity (Wildman–Crippen MR) is 129 cm³/mol. The van der Waals surface area contributed by atoms with Gasteiger partial charge in [-0.3, -0.25) is 9.13 Å². The van der Waals surface area contributed by atoms with Crippen LogP contribution in [0.25, 0.3) is 11.1 Å². The van der Waals surface area contributed by atoms with Crippen LogP contribution in [-0.2, 0) is 19.5 Å². The summed E-state index contributed by atoms with van der Waals surface area (Å²) in [6, 6.07) is 24.5. The fourth-order valence-electron chi connectivity index (χ4n) is 3.86. The van der Waals surface area contributed by atoms with Gasteiger partial charge in [-0.2, -0.15) is 0 Å². The summed E-state index contributed by atoms with van der Waals surface area (Å²) in [6.07, 6.45) is 2.38. The number of aromatic nitrogens is 2. The molecule has 0 aliphatic carbocycles. The molecule has 0 spiro atoms. The standard InChI is InChI=1S/C28H24N2O3/c1-2-3-11-24-20-29(18-21-9-5-4-6-10-21)28(33)30(24)19-22-14-16-23(17-15-22)25-12-7-8-13-26(25)27(31)32/h4-10,12-17,20H,11,18-19H2,1H3,(H,31,32). The highest BCUT2D eigenvalue weighted by atomic mass is 16.4. The Balaban J connectivity index is 1.63. The van der Waals surface area contributed by atoms with E-state index in [-0.39, 0.29) is 11.3 Å². The number of aromatic carboxylic acids is 1. The zero-order valence-electron chi connectivity index (χ0n) is 18.4. The van der Waals surface area contributed by atoms with E-state index in [9.17, 15) is 14.7 Å². The van der Waals surface area contributed by atoms with Crippen molar-refractivity contribution in [3.8, 4) is 23.0 Å². The molecule has 0 bridgehead atoms. The molecule has 33 heavy (non-hydrogen) atoms. The van der Waals surface area contributed by atoms with Crippen molar-refractivity contribution in [1.29, 1.82) is 0 Å². The quantitative estimate of drug-likeness (QED) is 0.428. The average molecular weight is 437 g/mol. The second-order valence-corrected chi connectivity index (χ2v) is 7.75. The fourth-order valence-corrected chi connectivity index (χ4v) is 3.86. The average Bonchev–Trinajstić information content (AvgIpc) is 3.13. The number of nitrogens with zero attached hydrogens (tertiary/aromatic N) is 2. The highest BCUT2D eigenvalue weighted by Crippen LogP contribution is 2.24. The number of carboxylic acids is 1. The Morgan fingerprint density at radius 3 is 2.24 bits per heavy atom. The lowest BCUT2D eigenvalue weighted by molar-refractivity contribution is 0.0697. The Labute approximate surface area is 192 Å². The first-order chi connectivity index (χ1) is 16.1. The molecule has 5 heteroatoms. The van der Waals surface area contributed by atoms with Gasteiger partial charge in [-0.05, 0) is 35.2 Å². The Hall–Kier alpha value is -4.30. The Kier molecular flexibility index (Phi) is 6.56. The lowest BCUT2D eigenvalue weighted by Crippen LogP contribution is -2.26. The first kappa shape index (κ1) is 21.9. The van der Waals surface area contributed by atoms with E-state index in [4.69, 9.17) is 0 Å². The lowest BCUT2D eigenvalue weighted by Gasteiger charge is -2.09. The van der Waals surface area contributed by atoms with Crippen molar-refractivity contribution in [2.24, 2.45) is 0 Å². The molecule has 5 nitrogen and oxygen atoms in total. The van der Waals surface area contributed by atoms with Crippen LogP contribution in [0.2, 0.25) is 0 Å². The smallest absolute Gasteiger partial charge is 0.336 e. The molecule has 4 aromatic rings. The van der Waals surface area contributed by atoms with Crippen molar-refractivity contribution in [1.82, 2.24) is 9.13 Å². The van der Waals surface area contributed by atoms with Gasteiger partial charge in [-0.25, -0.2) is 9.59 Å². The van der Waals surface area contributed by atoms with Crippen LogP contribution in [-0.4, -0.2) is 20.2 Å². The molecule has 3 aromatic carbocycles. The molecule has 4 rings (SSSR count). The van der Waals surface area contributed by atoms with Gasteiger partial charge in [0, 0.05) is 6.20 Å². The number of carbonyl (C=O) groups is 1. The highest BCUT2D eigenvalue weighted by Gasteiger charge is 2.13. The van der Waals surface area contributed by atoms with Crippen molar-refractivity contribution >= 4 is 5.97 Å². The summed E-state index contributed by atoms with van der Waals surface area (Å²) in [7, 11) is 0. The summed E-state index contributed by atoms with van der Waals surface area (Å²) in [5.74, 6) is 5.01. The molecule has 0 fully saturated rings. The molecule has 0 aliphatic rings. The van der Waals surface area contributed by atoms with Gasteiger partial charge in [0.05, 0.1) is 30.8 Å². The van der Waals surface area contributed by atoms with Crippen LogP contribution in [0.4, 0.5) is 0 Å². The molecular formula is C28H24N2O3. The maximum absolute atomic E-state index is 13.2. The minimum Gasteiger partial charge on any atom is -0.478 e. The van der Waals surface area contributed by atoms with Crippen LogP contribution in [0.5, 0.6) is 0 Å². The minimum atomic E-state index is -0.956. The fraction of sp³-hybridized carbons (Fsp3) is 0.143. The SMILES string of the molecule is CC#CCc1cn(Cc2ccccc2)c(=O)n1Cc1ccc(-c2ccccc2C(=O)O)cc1. The molecule has 0 radical (unpaired) electrons. The number of hydrogen-bond donors (Lipinski definition) is 1. The summed E-state index contributed by atoms with van der Waals surface area (Å²) >= 11 is 0. The maximum atomic E-state index is 13.2. The van der Waals surface area contributed by atoms with Crippen LogP contribution in [0.1, 0.15) is 34.1 Å². The van der Waals surface area contributed by atoms with E-state index < -0.39 is 5.97 Å². The van der Waals surface area contributed by atoms with Crippen LogP contribution in [0.3, 0.4) is 0 Å². The second kappa shape index (κ2) is 9.88. The zero-order chi connectivity index (χ0) is 23.2. The van der Waals surface area contributed by atoms with Gasteiger partial charge in [0.2, 0.25) is 0 Å². The van der Waals surface area contributed by atoms with Crippen molar-refractivity contribution in [2.45, 2.75) is 26.4 Å². The summed E-state index contributed by atoms with van der Waals surface area (Å²) in [6.45, 7) is 2.71. The molecule has 0 saturated carbocycles. The van der Waals surface area contributed by atoms with E-state index in [1.165, 1.54) is 0 Å². The minimum absolute atomic E-state index is 0.0768. The van der Waals surface area contributed by atoms with E-state index in [0.717, 1.165) is 22.4 Å². The second-order valence-electron chi connectivity index (χ2n) is 7.75. The van der Waals surface area contributed by atoms with Crippen molar-refractivity contribution < 1.29 is 9.90 Å². The first-order valence-corrected chi connectivity index (χ1v) is 10.7. The third-order valence-corrected chi connectivity index (χ3v) is 5.53. The third kappa shape index (κ3) is 4.97. The number of carboxylic acid groups (broad SMARTS) is 1. The Bertz CT molecular complexity index is 1390. The maximum Gasteiger partial charge on any atom is 0.336 e. The van der Waals surface area contributed by atoms with E-state index in [2.05, 4.69) is 11.8 Å². The molecule has 0 unspecified atom stereocenters. The normalized spacial score (nSPS) is 10.5. The van der Waals surface area contributed by atoms with Gasteiger partial charge in [0.25, 0.3) is 0 Å². The van der Waals surface area contributed by atoms with E-state index in [1.807, 2.05) is 66.9 Å². The summed E-state index contributed by atoms with van der Waals surface area (Å²) in [5, 5.41) is 9.46. The largest absolute Gasteiger partial charge is 0.478 e. The van der Waals surface area contributed by atoms with Gasteiger partial charge < -0.3 is 5.11 Å².